The lowest BCUT2D eigenvalue weighted by Gasteiger charge is -2.07. The van der Waals surface area contributed by atoms with Gasteiger partial charge in [0.05, 0.1) is 26.5 Å². The molecule has 9 nitrogen and oxygen atoms in total. The maximum absolute atomic E-state index is 12.9. The third-order valence-corrected chi connectivity index (χ3v) is 8.13. The van der Waals surface area contributed by atoms with E-state index in [2.05, 4.69) is 10.2 Å². The second kappa shape index (κ2) is 7.87. The van der Waals surface area contributed by atoms with Crippen LogP contribution in [-0.2, 0) is 9.84 Å². The van der Waals surface area contributed by atoms with Gasteiger partial charge < -0.3 is 5.11 Å². The fourth-order valence-electron chi connectivity index (χ4n) is 2.95. The number of carboxylic acids is 1. The molecule has 158 valence electrons. The minimum atomic E-state index is -4.03. The second-order valence-electron chi connectivity index (χ2n) is 6.27. The number of aromatic nitrogens is 2. The summed E-state index contributed by atoms with van der Waals surface area (Å²) in [7, 11) is -4.03. The molecule has 3 aromatic rings. The van der Waals surface area contributed by atoms with Crippen molar-refractivity contribution in [3.8, 4) is 0 Å². The maximum atomic E-state index is 12.9. The Morgan fingerprint density at radius 2 is 1.68 bits per heavy atom. The van der Waals surface area contributed by atoms with Crippen molar-refractivity contribution >= 4 is 55.9 Å². The second-order valence-corrected chi connectivity index (χ2v) is 10.7. The third-order valence-electron chi connectivity index (χ3n) is 4.43. The van der Waals surface area contributed by atoms with E-state index in [1.807, 2.05) is 6.92 Å². The summed E-state index contributed by atoms with van der Waals surface area (Å²) in [5, 5.41) is 16.9. The summed E-state index contributed by atoms with van der Waals surface area (Å²) in [5.41, 5.74) is -0.0276. The molecule has 1 N–H and O–H groups in total. The van der Waals surface area contributed by atoms with Gasteiger partial charge in [0, 0.05) is 0 Å². The summed E-state index contributed by atoms with van der Waals surface area (Å²) < 4.78 is 26.5. The first-order valence-corrected chi connectivity index (χ1v) is 12.1. The monoisotopic (exact) mass is 475 g/mol. The van der Waals surface area contributed by atoms with Crippen LogP contribution in [0.2, 0.25) is 0 Å². The molecule has 1 aromatic heterocycles. The molecule has 0 aliphatic carbocycles. The fourth-order valence-corrected chi connectivity index (χ4v) is 5.97. The Labute approximate surface area is 184 Å². The van der Waals surface area contributed by atoms with E-state index in [9.17, 15) is 22.8 Å². The van der Waals surface area contributed by atoms with Crippen LogP contribution in [-0.4, -0.2) is 47.3 Å². The molecule has 0 saturated carbocycles. The predicted molar refractivity (Wildman–Crippen MR) is 113 cm³/mol. The molecule has 0 radical (unpaired) electrons. The van der Waals surface area contributed by atoms with Crippen LogP contribution in [0.4, 0.5) is 5.13 Å². The third kappa shape index (κ3) is 3.62. The van der Waals surface area contributed by atoms with Gasteiger partial charge in [-0.1, -0.05) is 30.0 Å². The molecule has 1 aliphatic rings. The molecule has 0 atom stereocenters. The highest BCUT2D eigenvalue weighted by molar-refractivity contribution is 8.01. The summed E-state index contributed by atoms with van der Waals surface area (Å²) in [6.45, 7) is 1.94. The molecule has 31 heavy (non-hydrogen) atoms. The van der Waals surface area contributed by atoms with Crippen molar-refractivity contribution in [1.29, 1.82) is 0 Å². The standard InChI is InChI=1S/C19H13N3O6S3/c1-2-29-19-21-20-18(30-19)22-15(23)13-8-7-12(9-14(13)16(22)24)31(27,28)11-5-3-10(4-6-11)17(25)26/h3-9H,2H2,1H3,(H,25,26). The number of hydrogen-bond donors (Lipinski definition) is 1. The molecule has 0 bridgehead atoms. The number of carbonyl (C=O) groups is 3. The zero-order valence-electron chi connectivity index (χ0n) is 15.8. The van der Waals surface area contributed by atoms with E-state index >= 15 is 0 Å². The first kappa shape index (κ1) is 21.2. The minimum absolute atomic E-state index is 0.0480. The Kier molecular flexibility index (Phi) is 5.37. The largest absolute Gasteiger partial charge is 0.478 e. The summed E-state index contributed by atoms with van der Waals surface area (Å²) in [5.74, 6) is -1.70. The summed E-state index contributed by atoms with van der Waals surface area (Å²) in [6, 6.07) is 8.40. The Morgan fingerprint density at radius 1 is 1.03 bits per heavy atom. The highest BCUT2D eigenvalue weighted by Gasteiger charge is 2.39. The Balaban J connectivity index is 1.70. The van der Waals surface area contributed by atoms with Gasteiger partial charge in [-0.25, -0.2) is 18.1 Å². The zero-order chi connectivity index (χ0) is 22.3. The quantitative estimate of drug-likeness (QED) is 0.324. The van der Waals surface area contributed by atoms with Gasteiger partial charge in [0.15, 0.2) is 4.34 Å². The molecule has 4 rings (SSSR count). The number of fused-ring (bicyclic) bond motifs is 1. The van der Waals surface area contributed by atoms with Crippen molar-refractivity contribution in [2.75, 3.05) is 10.7 Å². The smallest absolute Gasteiger partial charge is 0.335 e. The number of thioether (sulfide) groups is 1. The molecular weight excluding hydrogens is 462 g/mol. The van der Waals surface area contributed by atoms with Crippen LogP contribution < -0.4 is 4.90 Å². The van der Waals surface area contributed by atoms with Crippen LogP contribution in [0.1, 0.15) is 38.0 Å². The SMILES string of the molecule is CCSc1nnc(N2C(=O)c3ccc(S(=O)(=O)c4ccc(C(=O)O)cc4)cc3C2=O)s1. The molecule has 2 aromatic carbocycles. The van der Waals surface area contributed by atoms with Gasteiger partial charge in [0.1, 0.15) is 0 Å². The minimum Gasteiger partial charge on any atom is -0.478 e. The normalized spacial score (nSPS) is 13.5. The van der Waals surface area contributed by atoms with E-state index < -0.39 is 27.6 Å². The summed E-state index contributed by atoms with van der Waals surface area (Å²) in [4.78, 5) is 37.2. The van der Waals surface area contributed by atoms with E-state index in [-0.39, 0.29) is 31.6 Å². The van der Waals surface area contributed by atoms with Gasteiger partial charge in [-0.3, -0.25) is 9.59 Å². The van der Waals surface area contributed by atoms with Crippen molar-refractivity contribution in [2.24, 2.45) is 0 Å². The Bertz CT molecular complexity index is 1330. The van der Waals surface area contributed by atoms with Crippen molar-refractivity contribution in [2.45, 2.75) is 21.1 Å². The first-order valence-electron chi connectivity index (χ1n) is 8.81. The van der Waals surface area contributed by atoms with Gasteiger partial charge in [-0.2, -0.15) is 0 Å². The van der Waals surface area contributed by atoms with Gasteiger partial charge in [0.2, 0.25) is 15.0 Å². The van der Waals surface area contributed by atoms with Crippen molar-refractivity contribution in [1.82, 2.24) is 10.2 Å². The Hall–Kier alpha value is -3.09. The van der Waals surface area contributed by atoms with Gasteiger partial charge in [0.25, 0.3) is 11.8 Å². The van der Waals surface area contributed by atoms with Crippen molar-refractivity contribution < 1.29 is 27.9 Å². The van der Waals surface area contributed by atoms with Crippen LogP contribution in [0.3, 0.4) is 0 Å². The fraction of sp³-hybridized carbons (Fsp3) is 0.105. The first-order chi connectivity index (χ1) is 14.7. The number of hydrogen-bond acceptors (Lipinski definition) is 9. The molecular formula is C19H13N3O6S3. The molecule has 0 fully saturated rings. The van der Waals surface area contributed by atoms with E-state index in [0.29, 0.717) is 4.34 Å². The highest BCUT2D eigenvalue weighted by atomic mass is 32.2. The lowest BCUT2D eigenvalue weighted by atomic mass is 10.1. The molecule has 0 spiro atoms. The van der Waals surface area contributed by atoms with Gasteiger partial charge in [-0.05, 0) is 48.2 Å². The summed E-state index contributed by atoms with van der Waals surface area (Å²) >= 11 is 2.53. The molecule has 1 aliphatic heterocycles. The number of anilines is 1. The number of carboxylic acid groups (broad SMARTS) is 1. The van der Waals surface area contributed by atoms with Crippen molar-refractivity contribution in [3.05, 3.63) is 59.2 Å². The lowest BCUT2D eigenvalue weighted by Crippen LogP contribution is -2.29. The number of benzene rings is 2. The zero-order valence-corrected chi connectivity index (χ0v) is 18.3. The summed E-state index contributed by atoms with van der Waals surface area (Å²) in [6.07, 6.45) is 0. The molecule has 2 amide bonds. The van der Waals surface area contributed by atoms with E-state index in [1.54, 1.807) is 0 Å². The molecule has 2 heterocycles. The number of aromatic carboxylic acids is 1. The lowest BCUT2D eigenvalue weighted by molar-refractivity contribution is 0.0696. The van der Waals surface area contributed by atoms with E-state index in [0.717, 1.165) is 28.1 Å². The van der Waals surface area contributed by atoms with Crippen LogP contribution in [0, 0.1) is 0 Å². The molecule has 0 saturated heterocycles. The predicted octanol–water partition coefficient (Wildman–Crippen LogP) is 2.98. The average molecular weight is 476 g/mol. The van der Waals surface area contributed by atoms with E-state index in [4.69, 9.17) is 5.11 Å². The highest BCUT2D eigenvalue weighted by Crippen LogP contribution is 2.35. The number of nitrogens with zero attached hydrogens (tertiary/aromatic N) is 3. The number of imide groups is 1. The molecule has 12 heteroatoms. The number of carbonyl (C=O) groups excluding carboxylic acids is 2. The van der Waals surface area contributed by atoms with Crippen LogP contribution in [0.25, 0.3) is 0 Å². The Morgan fingerprint density at radius 3 is 2.32 bits per heavy atom. The average Bonchev–Trinajstić information content (AvgIpc) is 3.30. The topological polar surface area (TPSA) is 135 Å². The number of rotatable bonds is 6. The number of amides is 2. The van der Waals surface area contributed by atoms with Crippen molar-refractivity contribution in [3.63, 3.8) is 0 Å². The van der Waals surface area contributed by atoms with Crippen LogP contribution in [0.5, 0.6) is 0 Å². The van der Waals surface area contributed by atoms with Gasteiger partial charge in [-0.15, -0.1) is 10.2 Å². The maximum Gasteiger partial charge on any atom is 0.335 e. The molecule has 0 unspecified atom stereocenters. The van der Waals surface area contributed by atoms with Crippen LogP contribution >= 0.6 is 23.1 Å². The van der Waals surface area contributed by atoms with Gasteiger partial charge >= 0.3 is 5.97 Å². The van der Waals surface area contributed by atoms with E-state index in [1.165, 1.54) is 48.2 Å². The number of sulfone groups is 1. The van der Waals surface area contributed by atoms with Crippen LogP contribution in [0.15, 0.2) is 56.6 Å².